The zero-order valence-electron chi connectivity index (χ0n) is 11.6. The summed E-state index contributed by atoms with van der Waals surface area (Å²) < 4.78 is 11.1. The molecule has 0 saturated heterocycles. The molecular weight excluding hydrogens is 252 g/mol. The third-order valence-corrected chi connectivity index (χ3v) is 3.03. The van der Waals surface area contributed by atoms with Gasteiger partial charge >= 0.3 is 0 Å². The number of hydrogen-bond donors (Lipinski definition) is 0. The predicted molar refractivity (Wildman–Crippen MR) is 77.0 cm³/mol. The van der Waals surface area contributed by atoms with Crippen LogP contribution in [0.5, 0.6) is 5.75 Å². The smallest absolute Gasteiger partial charge is 0.247 e. The number of pyridine rings is 1. The fraction of sp³-hybridized carbons (Fsp3) is 0.250. The van der Waals surface area contributed by atoms with Crippen LogP contribution in [0.15, 0.2) is 40.8 Å². The second kappa shape index (κ2) is 5.33. The lowest BCUT2D eigenvalue weighted by Crippen LogP contribution is -1.92. The van der Waals surface area contributed by atoms with Gasteiger partial charge in [0.1, 0.15) is 11.3 Å². The first-order valence-electron chi connectivity index (χ1n) is 6.69. The number of ether oxygens (including phenoxy) is 1. The molecule has 0 atom stereocenters. The highest BCUT2D eigenvalue weighted by molar-refractivity contribution is 5.68. The first kappa shape index (κ1) is 12.7. The molecule has 0 saturated carbocycles. The van der Waals surface area contributed by atoms with Gasteiger partial charge in [-0.05, 0) is 43.7 Å². The number of aryl methyl sites for hydroxylation is 1. The van der Waals surface area contributed by atoms with Crippen molar-refractivity contribution in [1.82, 2.24) is 9.97 Å². The quantitative estimate of drug-likeness (QED) is 0.726. The van der Waals surface area contributed by atoms with E-state index in [9.17, 15) is 0 Å². The van der Waals surface area contributed by atoms with Gasteiger partial charge in [0, 0.05) is 12.1 Å². The minimum absolute atomic E-state index is 0.603. The van der Waals surface area contributed by atoms with Crippen LogP contribution in [-0.2, 0) is 6.42 Å². The van der Waals surface area contributed by atoms with Crippen molar-refractivity contribution in [3.63, 3.8) is 0 Å². The van der Waals surface area contributed by atoms with Crippen LogP contribution in [-0.4, -0.2) is 16.6 Å². The Kier molecular flexibility index (Phi) is 3.37. The number of rotatable bonds is 4. The molecule has 1 aromatic carbocycles. The van der Waals surface area contributed by atoms with E-state index in [1.165, 1.54) is 0 Å². The van der Waals surface area contributed by atoms with Crippen LogP contribution in [0.2, 0.25) is 0 Å². The van der Waals surface area contributed by atoms with Gasteiger partial charge in [-0.25, -0.2) is 9.97 Å². The molecule has 4 heteroatoms. The van der Waals surface area contributed by atoms with E-state index >= 15 is 0 Å². The first-order valence-corrected chi connectivity index (χ1v) is 6.69. The van der Waals surface area contributed by atoms with Crippen LogP contribution >= 0.6 is 0 Å². The SMILES string of the molecule is CCOc1ccc(Cc2nc3ccc(C)nc3o2)cc1. The van der Waals surface area contributed by atoms with Crippen molar-refractivity contribution in [2.75, 3.05) is 6.61 Å². The molecule has 0 N–H and O–H groups in total. The van der Waals surface area contributed by atoms with E-state index < -0.39 is 0 Å². The monoisotopic (exact) mass is 268 g/mol. The number of oxazole rings is 1. The average Bonchev–Trinajstić information content (AvgIpc) is 2.82. The summed E-state index contributed by atoms with van der Waals surface area (Å²) in [6.45, 7) is 4.59. The number of benzene rings is 1. The number of fused-ring (bicyclic) bond motifs is 1. The molecule has 0 radical (unpaired) electrons. The fourth-order valence-corrected chi connectivity index (χ4v) is 2.07. The molecular formula is C16H16N2O2. The van der Waals surface area contributed by atoms with Crippen LogP contribution in [0.25, 0.3) is 11.2 Å². The van der Waals surface area contributed by atoms with Gasteiger partial charge in [0.2, 0.25) is 11.6 Å². The Bertz CT molecular complexity index is 717. The van der Waals surface area contributed by atoms with Gasteiger partial charge in [0.15, 0.2) is 0 Å². The second-order valence-corrected chi connectivity index (χ2v) is 4.64. The van der Waals surface area contributed by atoms with Gasteiger partial charge in [0.05, 0.1) is 6.61 Å². The topological polar surface area (TPSA) is 48.2 Å². The summed E-state index contributed by atoms with van der Waals surface area (Å²) in [4.78, 5) is 8.77. The number of aromatic nitrogens is 2. The maximum absolute atomic E-state index is 5.68. The average molecular weight is 268 g/mol. The third kappa shape index (κ3) is 2.64. The largest absolute Gasteiger partial charge is 0.494 e. The molecule has 0 aliphatic heterocycles. The second-order valence-electron chi connectivity index (χ2n) is 4.64. The molecule has 0 bridgehead atoms. The molecule has 0 aliphatic rings. The van der Waals surface area contributed by atoms with Crippen molar-refractivity contribution in [3.8, 4) is 5.75 Å². The number of hydrogen-bond acceptors (Lipinski definition) is 4. The van der Waals surface area contributed by atoms with Gasteiger partial charge in [-0.1, -0.05) is 12.1 Å². The molecule has 4 nitrogen and oxygen atoms in total. The highest BCUT2D eigenvalue weighted by atomic mass is 16.5. The van der Waals surface area contributed by atoms with Crippen LogP contribution in [0.3, 0.4) is 0 Å². The summed E-state index contributed by atoms with van der Waals surface area (Å²) in [6, 6.07) is 11.8. The Labute approximate surface area is 117 Å². The molecule has 3 rings (SSSR count). The van der Waals surface area contributed by atoms with Gasteiger partial charge in [-0.3, -0.25) is 0 Å². The maximum Gasteiger partial charge on any atom is 0.247 e. The maximum atomic E-state index is 5.68. The molecule has 0 aliphatic carbocycles. The lowest BCUT2D eigenvalue weighted by molar-refractivity contribution is 0.340. The van der Waals surface area contributed by atoms with Crippen molar-refractivity contribution in [3.05, 3.63) is 53.5 Å². The van der Waals surface area contributed by atoms with Crippen molar-refractivity contribution < 1.29 is 9.15 Å². The summed E-state index contributed by atoms with van der Waals surface area (Å²) in [6.07, 6.45) is 0.655. The summed E-state index contributed by atoms with van der Waals surface area (Å²) in [5, 5.41) is 0. The van der Waals surface area contributed by atoms with Gasteiger partial charge < -0.3 is 9.15 Å². The Morgan fingerprint density at radius 3 is 2.60 bits per heavy atom. The highest BCUT2D eigenvalue weighted by Gasteiger charge is 2.08. The molecule has 3 aromatic rings. The Morgan fingerprint density at radius 1 is 1.05 bits per heavy atom. The predicted octanol–water partition coefficient (Wildman–Crippen LogP) is 3.52. The molecule has 0 fully saturated rings. The number of nitrogens with zero attached hydrogens (tertiary/aromatic N) is 2. The van der Waals surface area contributed by atoms with Gasteiger partial charge in [-0.15, -0.1) is 0 Å². The first-order chi connectivity index (χ1) is 9.74. The van der Waals surface area contributed by atoms with Crippen molar-refractivity contribution in [2.45, 2.75) is 20.3 Å². The van der Waals surface area contributed by atoms with E-state index in [0.717, 1.165) is 22.5 Å². The minimum Gasteiger partial charge on any atom is -0.494 e. The van der Waals surface area contributed by atoms with E-state index in [2.05, 4.69) is 9.97 Å². The van der Waals surface area contributed by atoms with Crippen molar-refractivity contribution in [2.24, 2.45) is 0 Å². The zero-order valence-corrected chi connectivity index (χ0v) is 11.6. The molecule has 20 heavy (non-hydrogen) atoms. The molecule has 0 unspecified atom stereocenters. The van der Waals surface area contributed by atoms with Crippen LogP contribution in [0.1, 0.15) is 24.1 Å². The molecule has 102 valence electrons. The van der Waals surface area contributed by atoms with Gasteiger partial charge in [-0.2, -0.15) is 0 Å². The molecule has 0 spiro atoms. The van der Waals surface area contributed by atoms with E-state index in [4.69, 9.17) is 9.15 Å². The molecule has 2 aromatic heterocycles. The van der Waals surface area contributed by atoms with Gasteiger partial charge in [0.25, 0.3) is 0 Å². The fourth-order valence-electron chi connectivity index (χ4n) is 2.07. The van der Waals surface area contributed by atoms with Crippen LogP contribution in [0, 0.1) is 6.92 Å². The Balaban J connectivity index is 1.81. The minimum atomic E-state index is 0.603. The zero-order chi connectivity index (χ0) is 13.9. The normalized spacial score (nSPS) is 10.9. The summed E-state index contributed by atoms with van der Waals surface area (Å²) in [7, 11) is 0. The molecule has 2 heterocycles. The van der Waals surface area contributed by atoms with E-state index in [-0.39, 0.29) is 0 Å². The Hall–Kier alpha value is -2.36. The van der Waals surface area contributed by atoms with E-state index in [0.29, 0.717) is 24.6 Å². The van der Waals surface area contributed by atoms with Crippen molar-refractivity contribution in [1.29, 1.82) is 0 Å². The molecule has 0 amide bonds. The van der Waals surface area contributed by atoms with Crippen LogP contribution in [0.4, 0.5) is 0 Å². The van der Waals surface area contributed by atoms with E-state index in [1.54, 1.807) is 0 Å². The third-order valence-electron chi connectivity index (χ3n) is 3.03. The lowest BCUT2D eigenvalue weighted by atomic mass is 10.1. The Morgan fingerprint density at radius 2 is 1.85 bits per heavy atom. The standard InChI is InChI=1S/C16H16N2O2/c1-3-19-13-7-5-12(6-8-13)10-15-18-14-9-4-11(2)17-16(14)20-15/h4-9H,3,10H2,1-2H3. The van der Waals surface area contributed by atoms with Crippen LogP contribution < -0.4 is 4.74 Å². The summed E-state index contributed by atoms with van der Waals surface area (Å²) >= 11 is 0. The van der Waals surface area contributed by atoms with Crippen molar-refractivity contribution >= 4 is 11.2 Å². The summed E-state index contributed by atoms with van der Waals surface area (Å²) in [5.41, 5.74) is 3.47. The lowest BCUT2D eigenvalue weighted by Gasteiger charge is -2.03. The summed E-state index contributed by atoms with van der Waals surface area (Å²) in [5.74, 6) is 1.56. The van der Waals surface area contributed by atoms with E-state index in [1.807, 2.05) is 50.2 Å². The highest BCUT2D eigenvalue weighted by Crippen LogP contribution is 2.18.